The molecule has 11 heteroatoms. The van der Waals surface area contributed by atoms with E-state index in [4.69, 9.17) is 9.47 Å². The van der Waals surface area contributed by atoms with Gasteiger partial charge in [0.25, 0.3) is 5.56 Å². The van der Waals surface area contributed by atoms with E-state index in [9.17, 15) is 19.2 Å². The van der Waals surface area contributed by atoms with Gasteiger partial charge < -0.3 is 19.1 Å². The van der Waals surface area contributed by atoms with Crippen LogP contribution in [-0.2, 0) is 20.8 Å². The number of amides is 1. The first-order valence-corrected chi connectivity index (χ1v) is 9.23. The molecular formula is C19H22N4O7. The number of hydrogen-bond acceptors (Lipinski definition) is 8. The summed E-state index contributed by atoms with van der Waals surface area (Å²) in [6.07, 6.45) is 3.81. The van der Waals surface area contributed by atoms with Crippen LogP contribution in [0, 0.1) is 6.92 Å². The number of methoxy groups -OCH3 is 1. The van der Waals surface area contributed by atoms with Crippen molar-refractivity contribution < 1.29 is 23.8 Å². The number of carbonyl (C=O) groups excluding carboxylic acids is 2. The molecule has 1 unspecified atom stereocenters. The Morgan fingerprint density at radius 2 is 2.13 bits per heavy atom. The van der Waals surface area contributed by atoms with Crippen molar-refractivity contribution in [3.8, 4) is 5.75 Å². The number of rotatable bonds is 6. The fourth-order valence-corrected chi connectivity index (χ4v) is 2.94. The van der Waals surface area contributed by atoms with Crippen molar-refractivity contribution in [1.29, 1.82) is 0 Å². The third kappa shape index (κ3) is 5.11. The number of H-pyrrole nitrogens is 1. The first kappa shape index (κ1) is 21.2. The average molecular weight is 418 g/mol. The molecule has 1 aliphatic heterocycles. The smallest absolute Gasteiger partial charge is 0.339 e. The van der Waals surface area contributed by atoms with Gasteiger partial charge in [-0.3, -0.25) is 24.1 Å². The van der Waals surface area contributed by atoms with Gasteiger partial charge in [-0.2, -0.15) is 0 Å². The lowest BCUT2D eigenvalue weighted by molar-refractivity contribution is -0.140. The Balaban J connectivity index is 1.58. The number of morpholine rings is 1. The molecule has 0 radical (unpaired) electrons. The van der Waals surface area contributed by atoms with Crippen LogP contribution >= 0.6 is 0 Å². The van der Waals surface area contributed by atoms with E-state index in [0.29, 0.717) is 24.5 Å². The second kappa shape index (κ2) is 9.35. The number of hydrogen-bond donors (Lipinski definition) is 1. The maximum absolute atomic E-state index is 12.6. The molecule has 0 saturated carbocycles. The highest BCUT2D eigenvalue weighted by Crippen LogP contribution is 2.14. The molecule has 0 aromatic carbocycles. The fraction of sp³-hybridized carbons (Fsp3) is 0.421. The number of nitrogens with one attached hydrogen (secondary N) is 1. The lowest BCUT2D eigenvalue weighted by Gasteiger charge is -2.33. The van der Waals surface area contributed by atoms with Gasteiger partial charge in [0.15, 0.2) is 0 Å². The van der Waals surface area contributed by atoms with Gasteiger partial charge in [-0.1, -0.05) is 0 Å². The number of carbonyl (C=O) groups is 2. The standard InChI is InChI=1S/C19H22N4O7/c1-12-8-23(19(27)21-17(12)25)10-16(24)22-3-4-29-15(9-22)11-30-14-5-13(6-20-7-14)18(26)28-2/h5-8,15H,3-4,9-11H2,1-2H3,(H,21,25,27). The minimum Gasteiger partial charge on any atom is -0.489 e. The molecule has 30 heavy (non-hydrogen) atoms. The van der Waals surface area contributed by atoms with Crippen LogP contribution in [0.4, 0.5) is 0 Å². The molecular weight excluding hydrogens is 396 g/mol. The Morgan fingerprint density at radius 1 is 1.33 bits per heavy atom. The molecule has 0 bridgehead atoms. The lowest BCUT2D eigenvalue weighted by atomic mass is 10.2. The van der Waals surface area contributed by atoms with Crippen LogP contribution in [0.25, 0.3) is 0 Å². The van der Waals surface area contributed by atoms with E-state index in [2.05, 4.69) is 14.7 Å². The summed E-state index contributed by atoms with van der Waals surface area (Å²) in [6, 6.07) is 1.51. The minimum atomic E-state index is -0.634. The van der Waals surface area contributed by atoms with Gasteiger partial charge in [-0.25, -0.2) is 9.59 Å². The van der Waals surface area contributed by atoms with Gasteiger partial charge in [0.1, 0.15) is 25.0 Å². The van der Waals surface area contributed by atoms with Crippen LogP contribution in [0.15, 0.2) is 34.2 Å². The maximum Gasteiger partial charge on any atom is 0.339 e. The largest absolute Gasteiger partial charge is 0.489 e. The molecule has 160 valence electrons. The summed E-state index contributed by atoms with van der Waals surface area (Å²) in [5.41, 5.74) is -0.500. The van der Waals surface area contributed by atoms with Crippen molar-refractivity contribution in [3.63, 3.8) is 0 Å². The number of esters is 1. The van der Waals surface area contributed by atoms with E-state index < -0.39 is 23.3 Å². The second-order valence-corrected chi connectivity index (χ2v) is 6.74. The highest BCUT2D eigenvalue weighted by molar-refractivity contribution is 5.89. The van der Waals surface area contributed by atoms with Gasteiger partial charge in [-0.05, 0) is 13.0 Å². The van der Waals surface area contributed by atoms with E-state index in [1.54, 1.807) is 11.8 Å². The summed E-state index contributed by atoms with van der Waals surface area (Å²) in [5, 5.41) is 0. The predicted octanol–water partition coefficient (Wildman–Crippen LogP) is -0.667. The number of nitrogens with zero attached hydrogens (tertiary/aromatic N) is 3. The van der Waals surface area contributed by atoms with Crippen molar-refractivity contribution in [2.45, 2.75) is 19.6 Å². The number of aryl methyl sites for hydroxylation is 1. The van der Waals surface area contributed by atoms with E-state index in [-0.39, 0.29) is 31.2 Å². The van der Waals surface area contributed by atoms with Gasteiger partial charge >= 0.3 is 11.7 Å². The molecule has 1 saturated heterocycles. The normalized spacial score (nSPS) is 16.2. The monoisotopic (exact) mass is 418 g/mol. The summed E-state index contributed by atoms with van der Waals surface area (Å²) in [7, 11) is 1.28. The highest BCUT2D eigenvalue weighted by atomic mass is 16.5. The number of ether oxygens (including phenoxy) is 3. The Hall–Kier alpha value is -3.47. The van der Waals surface area contributed by atoms with E-state index in [1.165, 1.54) is 36.3 Å². The summed E-state index contributed by atoms with van der Waals surface area (Å²) in [5.74, 6) is -0.419. The van der Waals surface area contributed by atoms with Crippen molar-refractivity contribution in [1.82, 2.24) is 19.4 Å². The zero-order valence-corrected chi connectivity index (χ0v) is 16.6. The average Bonchev–Trinajstić information content (AvgIpc) is 2.75. The van der Waals surface area contributed by atoms with Gasteiger partial charge in [0.05, 0.1) is 32.0 Å². The Kier molecular flexibility index (Phi) is 6.62. The van der Waals surface area contributed by atoms with Gasteiger partial charge in [-0.15, -0.1) is 0 Å². The predicted molar refractivity (Wildman–Crippen MR) is 103 cm³/mol. The number of aromatic amines is 1. The van der Waals surface area contributed by atoms with E-state index in [0.717, 1.165) is 0 Å². The zero-order valence-electron chi connectivity index (χ0n) is 16.6. The summed E-state index contributed by atoms with van der Waals surface area (Å²) < 4.78 is 17.1. The molecule has 1 atom stereocenters. The number of aromatic nitrogens is 3. The molecule has 0 spiro atoms. The Morgan fingerprint density at radius 3 is 2.90 bits per heavy atom. The second-order valence-electron chi connectivity index (χ2n) is 6.74. The van der Waals surface area contributed by atoms with Crippen LogP contribution in [-0.4, -0.2) is 70.8 Å². The molecule has 1 amide bonds. The fourth-order valence-electron chi connectivity index (χ4n) is 2.94. The summed E-state index contributed by atoms with van der Waals surface area (Å²) in [4.78, 5) is 55.2. The summed E-state index contributed by atoms with van der Waals surface area (Å²) in [6.45, 7) is 2.50. The SMILES string of the molecule is COC(=O)c1cncc(OCC2CN(C(=O)Cn3cc(C)c(=O)[nH]c3=O)CCO2)c1. The lowest BCUT2D eigenvalue weighted by Crippen LogP contribution is -2.49. The molecule has 11 nitrogen and oxygen atoms in total. The first-order chi connectivity index (χ1) is 14.4. The van der Waals surface area contributed by atoms with Gasteiger partial charge in [0, 0.05) is 24.5 Å². The van der Waals surface area contributed by atoms with Crippen LogP contribution in [0.1, 0.15) is 15.9 Å². The molecule has 1 fully saturated rings. The third-order valence-electron chi connectivity index (χ3n) is 4.56. The van der Waals surface area contributed by atoms with Gasteiger partial charge in [0.2, 0.25) is 5.91 Å². The highest BCUT2D eigenvalue weighted by Gasteiger charge is 2.25. The summed E-state index contributed by atoms with van der Waals surface area (Å²) >= 11 is 0. The maximum atomic E-state index is 12.6. The molecule has 2 aromatic rings. The van der Waals surface area contributed by atoms with Crippen molar-refractivity contribution in [2.75, 3.05) is 33.4 Å². The third-order valence-corrected chi connectivity index (χ3v) is 4.56. The minimum absolute atomic E-state index is 0.147. The molecule has 0 aliphatic carbocycles. The van der Waals surface area contributed by atoms with Crippen LogP contribution in [0.3, 0.4) is 0 Å². The van der Waals surface area contributed by atoms with Crippen LogP contribution in [0.2, 0.25) is 0 Å². The Bertz CT molecular complexity index is 1050. The molecule has 2 aromatic heterocycles. The first-order valence-electron chi connectivity index (χ1n) is 9.23. The van der Waals surface area contributed by atoms with E-state index >= 15 is 0 Å². The Labute approximate surface area is 171 Å². The zero-order chi connectivity index (χ0) is 21.7. The number of pyridine rings is 1. The van der Waals surface area contributed by atoms with Crippen molar-refractivity contribution in [2.24, 2.45) is 0 Å². The molecule has 3 rings (SSSR count). The molecule has 1 N–H and O–H groups in total. The van der Waals surface area contributed by atoms with E-state index in [1.807, 2.05) is 0 Å². The van der Waals surface area contributed by atoms with Crippen molar-refractivity contribution >= 4 is 11.9 Å². The molecule has 1 aliphatic rings. The quantitative estimate of drug-likeness (QED) is 0.611. The van der Waals surface area contributed by atoms with Crippen molar-refractivity contribution in [3.05, 3.63) is 56.6 Å². The van der Waals surface area contributed by atoms with Crippen LogP contribution < -0.4 is 16.0 Å². The molecule has 3 heterocycles. The van der Waals surface area contributed by atoms with Crippen LogP contribution in [0.5, 0.6) is 5.75 Å². The topological polar surface area (TPSA) is 133 Å².